The van der Waals surface area contributed by atoms with E-state index < -0.39 is 5.92 Å². The van der Waals surface area contributed by atoms with Crippen molar-refractivity contribution in [2.24, 2.45) is 5.73 Å². The number of hydrogen-bond acceptors (Lipinski definition) is 5. The number of para-hydroxylation sites is 1. The number of phenolic OH excluding ortho intramolecular Hbond substituents is 1. The molecule has 1 aromatic heterocycles. The monoisotopic (exact) mass is 331 g/mol. The Kier molecular flexibility index (Phi) is 3.22. The number of benzene rings is 2. The molecule has 1 aliphatic rings. The molecule has 4 rings (SSSR count). The van der Waals surface area contributed by atoms with Crippen LogP contribution < -0.4 is 16.0 Å². The molecular weight excluding hydrogens is 318 g/mol. The number of rotatable bonds is 1. The van der Waals surface area contributed by atoms with Gasteiger partial charge < -0.3 is 20.6 Å². The number of allylic oxidation sites excluding steroid dienone is 1. The van der Waals surface area contributed by atoms with Crippen LogP contribution in [0.1, 0.15) is 17.0 Å². The van der Waals surface area contributed by atoms with Crippen molar-refractivity contribution in [1.82, 2.24) is 4.98 Å². The summed E-state index contributed by atoms with van der Waals surface area (Å²) in [5, 5.41) is 20.1. The van der Waals surface area contributed by atoms with Crippen LogP contribution in [-0.2, 0) is 0 Å². The van der Waals surface area contributed by atoms with Crippen molar-refractivity contribution in [3.8, 4) is 17.6 Å². The largest absolute Gasteiger partial charge is 0.508 e. The third kappa shape index (κ3) is 2.22. The van der Waals surface area contributed by atoms with Gasteiger partial charge in [-0.1, -0.05) is 24.3 Å². The van der Waals surface area contributed by atoms with Crippen LogP contribution in [0.25, 0.3) is 10.9 Å². The van der Waals surface area contributed by atoms with Gasteiger partial charge in [-0.2, -0.15) is 5.26 Å². The van der Waals surface area contributed by atoms with Gasteiger partial charge in [0.25, 0.3) is 5.56 Å². The van der Waals surface area contributed by atoms with Gasteiger partial charge in [-0.15, -0.1) is 0 Å². The summed E-state index contributed by atoms with van der Waals surface area (Å²) in [7, 11) is 0. The fourth-order valence-corrected chi connectivity index (χ4v) is 3.21. The second-order valence-electron chi connectivity index (χ2n) is 5.76. The molecule has 4 N–H and O–H groups in total. The maximum atomic E-state index is 12.7. The van der Waals surface area contributed by atoms with Crippen LogP contribution in [-0.4, -0.2) is 10.1 Å². The van der Waals surface area contributed by atoms with Crippen LogP contribution in [0.3, 0.4) is 0 Å². The first-order valence-corrected chi connectivity index (χ1v) is 7.61. The van der Waals surface area contributed by atoms with Gasteiger partial charge >= 0.3 is 0 Å². The summed E-state index contributed by atoms with van der Waals surface area (Å²) in [6.45, 7) is 0. The third-order valence-electron chi connectivity index (χ3n) is 4.29. The van der Waals surface area contributed by atoms with Crippen LogP contribution in [0.4, 0.5) is 0 Å². The van der Waals surface area contributed by atoms with Gasteiger partial charge in [0.05, 0.1) is 17.0 Å². The molecule has 0 unspecified atom stereocenters. The van der Waals surface area contributed by atoms with E-state index in [9.17, 15) is 15.2 Å². The molecule has 0 radical (unpaired) electrons. The predicted octanol–water partition coefficient (Wildman–Crippen LogP) is 2.45. The Morgan fingerprint density at radius 1 is 1.20 bits per heavy atom. The Morgan fingerprint density at radius 3 is 2.76 bits per heavy atom. The van der Waals surface area contributed by atoms with Crippen molar-refractivity contribution in [2.45, 2.75) is 5.92 Å². The highest BCUT2D eigenvalue weighted by molar-refractivity contribution is 5.87. The quantitative estimate of drug-likeness (QED) is 0.634. The molecule has 6 nitrogen and oxygen atoms in total. The van der Waals surface area contributed by atoms with E-state index in [-0.39, 0.29) is 22.8 Å². The number of nitrogens with zero attached hydrogens (tertiary/aromatic N) is 1. The Balaban J connectivity index is 2.10. The van der Waals surface area contributed by atoms with E-state index in [0.29, 0.717) is 27.8 Å². The number of aromatic nitrogens is 1. The van der Waals surface area contributed by atoms with E-state index in [1.807, 2.05) is 18.2 Å². The molecular formula is C19H13N3O3. The molecule has 122 valence electrons. The first kappa shape index (κ1) is 14.8. The van der Waals surface area contributed by atoms with Gasteiger partial charge in [0.1, 0.15) is 23.1 Å². The van der Waals surface area contributed by atoms with Crippen molar-refractivity contribution in [3.05, 3.63) is 81.5 Å². The lowest BCUT2D eigenvalue weighted by molar-refractivity contribution is 0.396. The van der Waals surface area contributed by atoms with Crippen molar-refractivity contribution >= 4 is 10.9 Å². The molecule has 0 aliphatic carbocycles. The lowest BCUT2D eigenvalue weighted by Gasteiger charge is -2.26. The van der Waals surface area contributed by atoms with Crippen molar-refractivity contribution in [1.29, 1.82) is 5.26 Å². The molecule has 0 bridgehead atoms. The minimum atomic E-state index is -0.714. The second kappa shape index (κ2) is 5.42. The van der Waals surface area contributed by atoms with Gasteiger partial charge in [-0.05, 0) is 29.8 Å². The van der Waals surface area contributed by atoms with Crippen LogP contribution in [0.15, 0.2) is 64.8 Å². The normalized spacial score (nSPS) is 16.2. The zero-order valence-electron chi connectivity index (χ0n) is 13.0. The Bertz CT molecular complexity index is 1140. The minimum Gasteiger partial charge on any atom is -0.508 e. The van der Waals surface area contributed by atoms with E-state index >= 15 is 0 Å². The predicted molar refractivity (Wildman–Crippen MR) is 92.0 cm³/mol. The lowest BCUT2D eigenvalue weighted by Crippen LogP contribution is -2.27. The molecule has 1 aliphatic heterocycles. The smallest absolute Gasteiger partial charge is 0.256 e. The number of H-pyrrole nitrogens is 1. The van der Waals surface area contributed by atoms with Crippen molar-refractivity contribution in [3.63, 3.8) is 0 Å². The molecule has 0 fully saturated rings. The maximum Gasteiger partial charge on any atom is 0.256 e. The number of aromatic hydroxyl groups is 1. The van der Waals surface area contributed by atoms with Crippen molar-refractivity contribution < 1.29 is 9.84 Å². The summed E-state index contributed by atoms with van der Waals surface area (Å²) >= 11 is 0. The molecule has 6 heteroatoms. The highest BCUT2D eigenvalue weighted by atomic mass is 16.5. The van der Waals surface area contributed by atoms with Crippen LogP contribution in [0, 0.1) is 11.3 Å². The zero-order valence-corrected chi connectivity index (χ0v) is 13.0. The summed E-state index contributed by atoms with van der Waals surface area (Å²) < 4.78 is 5.66. The van der Waals surface area contributed by atoms with Gasteiger partial charge in [0, 0.05) is 5.39 Å². The molecule has 0 amide bonds. The van der Waals surface area contributed by atoms with Crippen LogP contribution in [0.2, 0.25) is 0 Å². The fourth-order valence-electron chi connectivity index (χ4n) is 3.21. The lowest BCUT2D eigenvalue weighted by atomic mass is 9.83. The number of nitriles is 1. The molecule has 25 heavy (non-hydrogen) atoms. The Labute approximate surface area is 142 Å². The Hall–Kier alpha value is -3.72. The Morgan fingerprint density at radius 2 is 2.00 bits per heavy atom. The highest BCUT2D eigenvalue weighted by Gasteiger charge is 2.34. The van der Waals surface area contributed by atoms with Gasteiger partial charge in [-0.25, -0.2) is 0 Å². The summed E-state index contributed by atoms with van der Waals surface area (Å²) in [6, 6.07) is 15.7. The van der Waals surface area contributed by atoms with E-state index in [0.717, 1.165) is 0 Å². The molecule has 2 heterocycles. The summed E-state index contributed by atoms with van der Waals surface area (Å²) in [5.74, 6) is -0.379. The van der Waals surface area contributed by atoms with Crippen LogP contribution in [0.5, 0.6) is 11.5 Å². The van der Waals surface area contributed by atoms with Crippen molar-refractivity contribution in [2.75, 3.05) is 0 Å². The minimum absolute atomic E-state index is 0.0404. The van der Waals surface area contributed by atoms with Gasteiger partial charge in [0.2, 0.25) is 5.88 Å². The number of pyridine rings is 1. The third-order valence-corrected chi connectivity index (χ3v) is 4.29. The average molecular weight is 331 g/mol. The standard InChI is InChI=1S/C19H13N3O3/c20-9-13-15(10-4-3-5-11(23)8-10)16-17(25-18(13)21)12-6-1-2-7-14(12)22-19(16)24/h1-8,15,23H,21H2,(H,22,24)/t15-/m0/s1. The number of ether oxygens (including phenoxy) is 1. The number of nitrogens with two attached hydrogens (primary N) is 1. The van der Waals surface area contributed by atoms with E-state index in [4.69, 9.17) is 10.5 Å². The molecule has 0 saturated heterocycles. The molecule has 1 atom stereocenters. The molecule has 3 aromatic rings. The molecule has 0 saturated carbocycles. The molecule has 2 aromatic carbocycles. The van der Waals surface area contributed by atoms with Crippen LogP contribution >= 0.6 is 0 Å². The number of hydrogen-bond donors (Lipinski definition) is 3. The van der Waals surface area contributed by atoms with E-state index in [1.54, 1.807) is 24.3 Å². The van der Waals surface area contributed by atoms with E-state index in [2.05, 4.69) is 4.98 Å². The highest BCUT2D eigenvalue weighted by Crippen LogP contribution is 2.43. The maximum absolute atomic E-state index is 12.7. The topological polar surface area (TPSA) is 112 Å². The first-order valence-electron chi connectivity index (χ1n) is 7.61. The molecule has 0 spiro atoms. The summed E-state index contributed by atoms with van der Waals surface area (Å²) in [4.78, 5) is 15.6. The van der Waals surface area contributed by atoms with E-state index in [1.165, 1.54) is 12.1 Å². The number of nitrogens with one attached hydrogen (secondary N) is 1. The summed E-state index contributed by atoms with van der Waals surface area (Å²) in [6.07, 6.45) is 0. The average Bonchev–Trinajstić information content (AvgIpc) is 2.60. The first-order chi connectivity index (χ1) is 12.1. The summed E-state index contributed by atoms with van der Waals surface area (Å²) in [5.41, 5.74) is 7.26. The van der Waals surface area contributed by atoms with Gasteiger partial charge in [-0.3, -0.25) is 4.79 Å². The number of fused-ring (bicyclic) bond motifs is 3. The number of aromatic amines is 1. The SMILES string of the molecule is N#CC1=C(N)Oc2c(c(=O)[nH]c3ccccc23)[C@H]1c1cccc(O)c1. The fraction of sp³-hybridized carbons (Fsp3) is 0.0526. The zero-order chi connectivity index (χ0) is 17.6. The van der Waals surface area contributed by atoms with Gasteiger partial charge in [0.15, 0.2) is 0 Å². The second-order valence-corrected chi connectivity index (χ2v) is 5.76. The number of phenols is 1.